The molecule has 278 valence electrons. The molecule has 9 aromatic carbocycles. The largest absolute Gasteiger partial charge is 0.310 e. The van der Waals surface area contributed by atoms with Crippen molar-refractivity contribution >= 4 is 44.9 Å². The van der Waals surface area contributed by atoms with Crippen LogP contribution in [0.5, 0.6) is 0 Å². The van der Waals surface area contributed by atoms with E-state index < -0.39 is 5.41 Å². The van der Waals surface area contributed by atoms with Gasteiger partial charge < -0.3 is 9.80 Å². The van der Waals surface area contributed by atoms with Crippen molar-refractivity contribution in [3.8, 4) is 22.3 Å². The van der Waals surface area contributed by atoms with Crippen molar-refractivity contribution in [2.24, 2.45) is 0 Å². The lowest BCUT2D eigenvalue weighted by Crippen LogP contribution is -2.23. The highest BCUT2D eigenvalue weighted by molar-refractivity contribution is 6.10. The summed E-state index contributed by atoms with van der Waals surface area (Å²) in [6.07, 6.45) is 0. The summed E-state index contributed by atoms with van der Waals surface area (Å²) in [5.74, 6) is 0. The van der Waals surface area contributed by atoms with Gasteiger partial charge in [0.25, 0.3) is 0 Å². The molecule has 0 fully saturated rings. The van der Waals surface area contributed by atoms with E-state index in [1.54, 1.807) is 0 Å². The minimum absolute atomic E-state index is 0.452. The van der Waals surface area contributed by atoms with Crippen molar-refractivity contribution in [2.45, 2.75) is 26.2 Å². The van der Waals surface area contributed by atoms with Crippen molar-refractivity contribution in [3.05, 3.63) is 240 Å². The van der Waals surface area contributed by atoms with Gasteiger partial charge in [0.15, 0.2) is 0 Å². The molecule has 10 rings (SSSR count). The fourth-order valence-electron chi connectivity index (χ4n) is 9.33. The van der Waals surface area contributed by atoms with E-state index in [4.69, 9.17) is 0 Å². The predicted molar refractivity (Wildman–Crippen MR) is 246 cm³/mol. The first-order chi connectivity index (χ1) is 28.5. The molecule has 1 unspecified atom stereocenters. The predicted octanol–water partition coefficient (Wildman–Crippen LogP) is 15.4. The van der Waals surface area contributed by atoms with Gasteiger partial charge in [-0.05, 0) is 143 Å². The molecule has 0 aromatic heterocycles. The molecule has 0 heterocycles. The van der Waals surface area contributed by atoms with Crippen LogP contribution in [0.1, 0.15) is 34.7 Å². The zero-order valence-electron chi connectivity index (χ0n) is 33.1. The number of aryl methyl sites for hydroxylation is 2. The van der Waals surface area contributed by atoms with E-state index in [9.17, 15) is 0 Å². The Labute approximate surface area is 341 Å². The van der Waals surface area contributed by atoms with Crippen LogP contribution in [-0.2, 0) is 5.41 Å². The highest BCUT2D eigenvalue weighted by Gasteiger charge is 2.43. The summed E-state index contributed by atoms with van der Waals surface area (Å²) in [6.45, 7) is 6.87. The van der Waals surface area contributed by atoms with E-state index >= 15 is 0 Å². The second-order valence-electron chi connectivity index (χ2n) is 15.6. The highest BCUT2D eigenvalue weighted by atomic mass is 15.1. The minimum atomic E-state index is -0.452. The molecule has 2 nitrogen and oxygen atoms in total. The molecular formula is C56H44N2. The maximum Gasteiger partial charge on any atom is 0.0543 e. The Hall–Kier alpha value is -7.16. The molecule has 0 amide bonds. The van der Waals surface area contributed by atoms with Gasteiger partial charge in [0.1, 0.15) is 0 Å². The van der Waals surface area contributed by atoms with E-state index in [1.165, 1.54) is 60.8 Å². The normalized spacial score (nSPS) is 14.2. The van der Waals surface area contributed by atoms with Gasteiger partial charge >= 0.3 is 0 Å². The summed E-state index contributed by atoms with van der Waals surface area (Å²) in [4.78, 5) is 4.84. The number of hydrogen-bond acceptors (Lipinski definition) is 2. The minimum Gasteiger partial charge on any atom is -0.310 e. The SMILES string of the molecule is Cc1ccccc1-c1ccc(N(c2ccccc2)c2cc3c(c4ccccc24)-c2ccc(N(c4ccccc4)c4ccccc4)cc2C3(C)c2ccccc2)cc1C. The van der Waals surface area contributed by atoms with Gasteiger partial charge in [-0.2, -0.15) is 0 Å². The monoisotopic (exact) mass is 744 g/mol. The van der Waals surface area contributed by atoms with Crippen LogP contribution >= 0.6 is 0 Å². The number of hydrogen-bond donors (Lipinski definition) is 0. The lowest BCUT2D eigenvalue weighted by molar-refractivity contribution is 0.714. The second kappa shape index (κ2) is 14.4. The van der Waals surface area contributed by atoms with Crippen LogP contribution in [-0.4, -0.2) is 0 Å². The molecule has 0 spiro atoms. The van der Waals surface area contributed by atoms with Gasteiger partial charge in [-0.1, -0.05) is 146 Å². The van der Waals surface area contributed by atoms with Crippen LogP contribution in [0, 0.1) is 13.8 Å². The third kappa shape index (κ3) is 5.80. The molecule has 0 radical (unpaired) electrons. The molecular weight excluding hydrogens is 701 g/mol. The van der Waals surface area contributed by atoms with Crippen LogP contribution in [0.3, 0.4) is 0 Å². The molecule has 2 heteroatoms. The summed E-state index contributed by atoms with van der Waals surface area (Å²) in [6, 6.07) is 77.6. The van der Waals surface area contributed by atoms with E-state index in [2.05, 4.69) is 243 Å². The Bertz CT molecular complexity index is 2880. The maximum atomic E-state index is 2.49. The smallest absolute Gasteiger partial charge is 0.0543 e. The van der Waals surface area contributed by atoms with Gasteiger partial charge in [0, 0.05) is 39.2 Å². The average molecular weight is 745 g/mol. The van der Waals surface area contributed by atoms with Gasteiger partial charge in [-0.15, -0.1) is 0 Å². The van der Waals surface area contributed by atoms with Gasteiger partial charge in [0.05, 0.1) is 5.69 Å². The zero-order chi connectivity index (χ0) is 39.2. The van der Waals surface area contributed by atoms with Crippen LogP contribution in [0.15, 0.2) is 212 Å². The quantitative estimate of drug-likeness (QED) is 0.153. The highest BCUT2D eigenvalue weighted by Crippen LogP contribution is 2.58. The fourth-order valence-corrected chi connectivity index (χ4v) is 9.33. The first kappa shape index (κ1) is 35.3. The van der Waals surface area contributed by atoms with Gasteiger partial charge in [-0.3, -0.25) is 0 Å². The van der Waals surface area contributed by atoms with Crippen molar-refractivity contribution in [3.63, 3.8) is 0 Å². The summed E-state index contributed by atoms with van der Waals surface area (Å²) in [5.41, 5.74) is 17.9. The average Bonchev–Trinajstić information content (AvgIpc) is 3.53. The Morgan fingerprint density at radius 3 is 1.43 bits per heavy atom. The Balaban J connectivity index is 1.22. The lowest BCUT2D eigenvalue weighted by Gasteiger charge is -2.33. The Kier molecular flexibility index (Phi) is 8.76. The van der Waals surface area contributed by atoms with Crippen LogP contribution in [0.4, 0.5) is 34.1 Å². The summed E-state index contributed by atoms with van der Waals surface area (Å²) in [5, 5.41) is 2.47. The van der Waals surface area contributed by atoms with E-state index in [-0.39, 0.29) is 0 Å². The molecule has 0 N–H and O–H groups in total. The molecule has 1 aliphatic carbocycles. The van der Waals surface area contributed by atoms with Crippen molar-refractivity contribution in [1.82, 2.24) is 0 Å². The third-order valence-corrected chi connectivity index (χ3v) is 12.2. The molecule has 58 heavy (non-hydrogen) atoms. The van der Waals surface area contributed by atoms with E-state index in [0.717, 1.165) is 34.1 Å². The first-order valence-corrected chi connectivity index (χ1v) is 20.2. The number of anilines is 6. The number of fused-ring (bicyclic) bond motifs is 5. The van der Waals surface area contributed by atoms with Gasteiger partial charge in [-0.25, -0.2) is 0 Å². The number of rotatable bonds is 8. The lowest BCUT2D eigenvalue weighted by atomic mass is 9.73. The van der Waals surface area contributed by atoms with Crippen molar-refractivity contribution < 1.29 is 0 Å². The molecule has 9 aromatic rings. The Morgan fingerprint density at radius 1 is 0.345 bits per heavy atom. The molecule has 0 saturated heterocycles. The summed E-state index contributed by atoms with van der Waals surface area (Å²) < 4.78 is 0. The Morgan fingerprint density at radius 2 is 0.828 bits per heavy atom. The van der Waals surface area contributed by atoms with Crippen molar-refractivity contribution in [1.29, 1.82) is 0 Å². The number of nitrogens with zero attached hydrogens (tertiary/aromatic N) is 2. The number of para-hydroxylation sites is 3. The van der Waals surface area contributed by atoms with Crippen LogP contribution in [0.2, 0.25) is 0 Å². The second-order valence-corrected chi connectivity index (χ2v) is 15.6. The first-order valence-electron chi connectivity index (χ1n) is 20.2. The summed E-state index contributed by atoms with van der Waals surface area (Å²) in [7, 11) is 0. The number of benzene rings is 9. The van der Waals surface area contributed by atoms with Crippen molar-refractivity contribution in [2.75, 3.05) is 9.80 Å². The third-order valence-electron chi connectivity index (χ3n) is 12.2. The standard InChI is InChI=1S/C56H44N2/c1-39-20-16-17-29-47(39)48-34-32-45(36-40(48)2)58(44-27-14-7-15-28-44)54-38-53-55(50-31-19-18-30-49(50)54)51-35-33-46(37-52(51)56(53,3)41-21-8-4-9-22-41)57(42-23-10-5-11-24-42)43-25-12-6-13-26-43/h4-38H,1-3H3. The fraction of sp³-hybridized carbons (Fsp3) is 0.0714. The van der Waals surface area contributed by atoms with Gasteiger partial charge in [0.2, 0.25) is 0 Å². The maximum absolute atomic E-state index is 2.49. The summed E-state index contributed by atoms with van der Waals surface area (Å²) >= 11 is 0. The van der Waals surface area contributed by atoms with Crippen LogP contribution in [0.25, 0.3) is 33.0 Å². The van der Waals surface area contributed by atoms with E-state index in [1.807, 2.05) is 0 Å². The molecule has 0 bridgehead atoms. The topological polar surface area (TPSA) is 6.48 Å². The zero-order valence-corrected chi connectivity index (χ0v) is 33.1. The molecule has 1 aliphatic rings. The van der Waals surface area contributed by atoms with Crippen LogP contribution < -0.4 is 9.80 Å². The van der Waals surface area contributed by atoms with E-state index in [0.29, 0.717) is 0 Å². The molecule has 0 aliphatic heterocycles. The molecule has 1 atom stereocenters. The molecule has 0 saturated carbocycles.